The van der Waals surface area contributed by atoms with Crippen molar-refractivity contribution in [3.63, 3.8) is 0 Å². The lowest BCUT2D eigenvalue weighted by Gasteiger charge is -2.02. The third-order valence-electron chi connectivity index (χ3n) is 2.05. The van der Waals surface area contributed by atoms with Crippen LogP contribution in [-0.4, -0.2) is 24.8 Å². The Kier molecular flexibility index (Phi) is 1.45. The molecular weight excluding hydrogens is 136 g/mol. The average Bonchev–Trinajstić information content (AvgIpc) is 2.41. The summed E-state index contributed by atoms with van der Waals surface area (Å²) in [6.07, 6.45) is -0.319. The molecule has 1 fully saturated rings. The summed E-state index contributed by atoms with van der Waals surface area (Å²) in [6.45, 7) is 3.20. The molecule has 58 valence electrons. The monoisotopic (exact) mass is 146 g/mol. The number of carbonyl (C=O) groups is 1. The summed E-state index contributed by atoms with van der Waals surface area (Å²) in [5.74, 6) is -0.486. The molecule has 0 amide bonds. The molecule has 1 rings (SSSR count). The van der Waals surface area contributed by atoms with E-state index in [4.69, 9.17) is 0 Å². The fourth-order valence-electron chi connectivity index (χ4n) is 0.924. The second-order valence-corrected chi connectivity index (χ2v) is 2.54. The van der Waals surface area contributed by atoms with Gasteiger partial charge in [-0.1, -0.05) is 0 Å². The van der Waals surface area contributed by atoms with Gasteiger partial charge < -0.3 is 14.5 Å². The molecule has 1 aliphatic heterocycles. The molecule has 4 nitrogen and oxygen atoms in total. The van der Waals surface area contributed by atoms with E-state index in [-0.39, 0.29) is 6.10 Å². The van der Waals surface area contributed by atoms with Crippen LogP contribution in [-0.2, 0) is 14.0 Å². The maximum Gasteiger partial charge on any atom is 0.399 e. The van der Waals surface area contributed by atoms with Crippen molar-refractivity contribution in [1.29, 1.82) is 0 Å². The number of hydrogen-bond donors (Lipinski definition) is 0. The van der Waals surface area contributed by atoms with Gasteiger partial charge in [0.05, 0.1) is 7.11 Å². The standard InChI is InChI=1S/C6H10O4/c1-4-6(2,10(4)8)5(7)9-3/h4H,1-3H3. The highest BCUT2D eigenvalue weighted by Gasteiger charge is 2.71. The first-order valence-corrected chi connectivity index (χ1v) is 3.04. The molecule has 0 bridgehead atoms. The Morgan fingerprint density at radius 3 is 2.30 bits per heavy atom. The lowest BCUT2D eigenvalue weighted by Crippen LogP contribution is -2.28. The molecule has 1 heterocycles. The summed E-state index contributed by atoms with van der Waals surface area (Å²) >= 11 is 0. The fraction of sp³-hybridized carbons (Fsp3) is 0.833. The van der Waals surface area contributed by atoms with Crippen molar-refractivity contribution >= 4 is 5.97 Å². The molecule has 0 aromatic carbocycles. The van der Waals surface area contributed by atoms with Crippen molar-refractivity contribution < 1.29 is 19.3 Å². The van der Waals surface area contributed by atoms with Crippen LogP contribution < -0.4 is 5.26 Å². The first-order valence-electron chi connectivity index (χ1n) is 3.04. The Morgan fingerprint density at radius 1 is 1.80 bits per heavy atom. The zero-order chi connectivity index (χ0) is 7.94. The van der Waals surface area contributed by atoms with E-state index in [0.29, 0.717) is 0 Å². The molecule has 2 atom stereocenters. The molecule has 0 N–H and O–H groups in total. The first-order chi connectivity index (χ1) is 4.55. The SMILES string of the molecule is COC(=O)C1(C)C(C)[O+]1[O-]. The summed E-state index contributed by atoms with van der Waals surface area (Å²) < 4.78 is 5.90. The lowest BCUT2D eigenvalue weighted by atomic mass is 10.1. The van der Waals surface area contributed by atoms with Gasteiger partial charge >= 0.3 is 11.6 Å². The van der Waals surface area contributed by atoms with Gasteiger partial charge in [-0.3, -0.25) is 0 Å². The van der Waals surface area contributed by atoms with E-state index in [9.17, 15) is 10.1 Å². The van der Waals surface area contributed by atoms with Crippen molar-refractivity contribution in [3.05, 3.63) is 0 Å². The highest BCUT2D eigenvalue weighted by atomic mass is 17.3. The maximum atomic E-state index is 10.8. The lowest BCUT2D eigenvalue weighted by molar-refractivity contribution is -0.747. The minimum atomic E-state index is -0.991. The molecule has 1 aliphatic rings. The van der Waals surface area contributed by atoms with Gasteiger partial charge in [0.2, 0.25) is 6.10 Å². The first kappa shape index (κ1) is 7.50. The van der Waals surface area contributed by atoms with Crippen molar-refractivity contribution in [2.24, 2.45) is 0 Å². The fourth-order valence-corrected chi connectivity index (χ4v) is 0.924. The molecule has 0 spiro atoms. The molecule has 4 heteroatoms. The number of esters is 1. The number of methoxy groups -OCH3 is 1. The molecule has 0 saturated carbocycles. The maximum absolute atomic E-state index is 10.8. The summed E-state index contributed by atoms with van der Waals surface area (Å²) in [6, 6.07) is 0. The van der Waals surface area contributed by atoms with Gasteiger partial charge in [-0.25, -0.2) is 4.79 Å². The van der Waals surface area contributed by atoms with E-state index in [2.05, 4.69) is 4.74 Å². The smallest absolute Gasteiger partial charge is 0.399 e. The molecular formula is C6H10O4. The molecule has 0 aliphatic carbocycles. The zero-order valence-electron chi connectivity index (χ0n) is 6.21. The Bertz CT molecular complexity index is 157. The van der Waals surface area contributed by atoms with Gasteiger partial charge in [-0.15, -0.1) is 0 Å². The molecule has 2 unspecified atom stereocenters. The number of ether oxygens (including phenoxy) is 1. The van der Waals surface area contributed by atoms with Crippen molar-refractivity contribution in [2.45, 2.75) is 25.6 Å². The normalized spacial score (nSPS) is 39.4. The third-order valence-corrected chi connectivity index (χ3v) is 2.05. The van der Waals surface area contributed by atoms with Crippen LogP contribution in [0.15, 0.2) is 0 Å². The van der Waals surface area contributed by atoms with Crippen LogP contribution in [0.3, 0.4) is 0 Å². The predicted molar refractivity (Wildman–Crippen MR) is 31.0 cm³/mol. The quantitative estimate of drug-likeness (QED) is 0.209. The second kappa shape index (κ2) is 1.93. The van der Waals surface area contributed by atoms with Gasteiger partial charge in [-0.2, -0.15) is 0 Å². The van der Waals surface area contributed by atoms with E-state index in [1.54, 1.807) is 13.8 Å². The number of epoxide rings is 1. The molecule has 0 aromatic rings. The average molecular weight is 146 g/mol. The minimum Gasteiger partial charge on any atom is -0.533 e. The number of hydrogen-bond acceptors (Lipinski definition) is 3. The van der Waals surface area contributed by atoms with Crippen LogP contribution in [0.25, 0.3) is 0 Å². The van der Waals surface area contributed by atoms with Crippen LogP contribution in [0.2, 0.25) is 0 Å². The minimum absolute atomic E-state index is 0.319. The largest absolute Gasteiger partial charge is 0.533 e. The summed E-state index contributed by atoms with van der Waals surface area (Å²) in [5.41, 5.74) is -0.991. The van der Waals surface area contributed by atoms with E-state index < -0.39 is 11.6 Å². The summed E-state index contributed by atoms with van der Waals surface area (Å²) in [4.78, 5) is 10.8. The van der Waals surface area contributed by atoms with E-state index in [0.717, 1.165) is 0 Å². The Morgan fingerprint density at radius 2 is 2.20 bits per heavy atom. The van der Waals surface area contributed by atoms with E-state index in [1.165, 1.54) is 11.6 Å². The molecule has 10 heavy (non-hydrogen) atoms. The summed E-state index contributed by atoms with van der Waals surface area (Å²) in [5, 5.41) is 10.7. The Balaban J connectivity index is 2.65. The highest BCUT2D eigenvalue weighted by Crippen LogP contribution is 2.42. The van der Waals surface area contributed by atoms with Crippen LogP contribution in [0.4, 0.5) is 0 Å². The number of rotatable bonds is 1. The summed E-state index contributed by atoms with van der Waals surface area (Å²) in [7, 11) is 1.27. The second-order valence-electron chi connectivity index (χ2n) is 2.54. The molecule has 0 radical (unpaired) electrons. The number of carbonyl (C=O) groups excluding carboxylic acids is 1. The zero-order valence-corrected chi connectivity index (χ0v) is 6.21. The van der Waals surface area contributed by atoms with Crippen LogP contribution in [0.5, 0.6) is 0 Å². The van der Waals surface area contributed by atoms with E-state index >= 15 is 0 Å². The van der Waals surface area contributed by atoms with E-state index in [1.807, 2.05) is 0 Å². The van der Waals surface area contributed by atoms with Crippen molar-refractivity contribution in [2.75, 3.05) is 7.11 Å². The van der Waals surface area contributed by atoms with Gasteiger partial charge in [0.25, 0.3) is 0 Å². The van der Waals surface area contributed by atoms with Crippen LogP contribution >= 0.6 is 0 Å². The highest BCUT2D eigenvalue weighted by molar-refractivity contribution is 5.82. The van der Waals surface area contributed by atoms with Crippen LogP contribution in [0.1, 0.15) is 13.8 Å². The van der Waals surface area contributed by atoms with Gasteiger partial charge in [0.1, 0.15) is 0 Å². The van der Waals surface area contributed by atoms with Crippen molar-refractivity contribution in [3.8, 4) is 0 Å². The predicted octanol–water partition coefficient (Wildman–Crippen LogP) is -0.852. The molecule has 0 aromatic heterocycles. The third kappa shape index (κ3) is 0.660. The Labute approximate surface area is 59.0 Å². The van der Waals surface area contributed by atoms with Crippen LogP contribution in [0, 0.1) is 0 Å². The van der Waals surface area contributed by atoms with Gasteiger partial charge in [-0.05, 0) is 0 Å². The van der Waals surface area contributed by atoms with Gasteiger partial charge in [0.15, 0.2) is 0 Å². The Hall–Kier alpha value is -0.610. The topological polar surface area (TPSA) is 52.1 Å². The molecule has 1 saturated heterocycles. The van der Waals surface area contributed by atoms with Crippen molar-refractivity contribution in [1.82, 2.24) is 0 Å². The van der Waals surface area contributed by atoms with Gasteiger partial charge in [0, 0.05) is 13.8 Å².